The van der Waals surface area contributed by atoms with Crippen LogP contribution in [0, 0.1) is 12.8 Å². The largest absolute Gasteiger partial charge is 0.506 e. The second kappa shape index (κ2) is 8.78. The Morgan fingerprint density at radius 3 is 2.30 bits per heavy atom. The van der Waals surface area contributed by atoms with Gasteiger partial charge in [0.05, 0.1) is 11.6 Å². The predicted molar refractivity (Wildman–Crippen MR) is 117 cm³/mol. The van der Waals surface area contributed by atoms with E-state index in [-0.39, 0.29) is 23.5 Å². The lowest BCUT2D eigenvalue weighted by atomic mass is 9.95. The minimum Gasteiger partial charge on any atom is -0.506 e. The zero-order chi connectivity index (χ0) is 21.1. The van der Waals surface area contributed by atoms with Gasteiger partial charge >= 0.3 is 0 Å². The molecule has 30 heavy (non-hydrogen) atoms. The number of aromatic hydroxyl groups is 1. The highest BCUT2D eigenvalue weighted by Gasteiger charge is 2.33. The molecule has 1 unspecified atom stereocenters. The topological polar surface area (TPSA) is 64.1 Å². The lowest BCUT2D eigenvalue weighted by Gasteiger charge is -2.39. The molecule has 158 valence electrons. The molecule has 2 amide bonds. The summed E-state index contributed by atoms with van der Waals surface area (Å²) >= 11 is 0. The molecule has 2 aliphatic heterocycles. The van der Waals surface area contributed by atoms with E-state index >= 15 is 0 Å². The Labute approximate surface area is 177 Å². The second-order valence-electron chi connectivity index (χ2n) is 8.26. The van der Waals surface area contributed by atoms with Crippen LogP contribution in [-0.2, 0) is 4.79 Å². The van der Waals surface area contributed by atoms with Crippen molar-refractivity contribution in [3.8, 4) is 5.75 Å². The molecular formula is C24H29N3O3. The average Bonchev–Trinajstić information content (AvgIpc) is 2.79. The third-order valence-corrected chi connectivity index (χ3v) is 6.17. The summed E-state index contributed by atoms with van der Waals surface area (Å²) in [5.74, 6) is 0.296. The van der Waals surface area contributed by atoms with Crippen molar-refractivity contribution < 1.29 is 14.7 Å². The number of benzene rings is 2. The smallest absolute Gasteiger partial charge is 0.253 e. The number of amides is 2. The molecule has 0 radical (unpaired) electrons. The minimum atomic E-state index is -0.134. The summed E-state index contributed by atoms with van der Waals surface area (Å²) < 4.78 is 0. The summed E-state index contributed by atoms with van der Waals surface area (Å²) in [5, 5.41) is 10.1. The van der Waals surface area contributed by atoms with E-state index in [0.29, 0.717) is 44.8 Å². The van der Waals surface area contributed by atoms with Crippen LogP contribution in [0.2, 0.25) is 0 Å². The number of para-hydroxylation sites is 2. The van der Waals surface area contributed by atoms with Gasteiger partial charge in [-0.1, -0.05) is 29.8 Å². The van der Waals surface area contributed by atoms with Gasteiger partial charge in [-0.25, -0.2) is 0 Å². The Balaban J connectivity index is 1.35. The molecule has 4 rings (SSSR count). The molecule has 2 saturated heterocycles. The standard InChI is InChI=1S/C24H29N3O3/c1-18-8-10-19(11-9-18)23(29)27-12-4-5-20(17-27)24(30)26-15-13-25(14-16-26)21-6-2-3-7-22(21)28/h2-3,6-11,20,28H,4-5,12-17H2,1H3. The van der Waals surface area contributed by atoms with Crippen LogP contribution in [0.25, 0.3) is 0 Å². The van der Waals surface area contributed by atoms with Gasteiger partial charge in [-0.15, -0.1) is 0 Å². The fraction of sp³-hybridized carbons (Fsp3) is 0.417. The molecule has 0 aliphatic carbocycles. The molecule has 1 atom stereocenters. The molecule has 6 nitrogen and oxygen atoms in total. The molecule has 2 aromatic rings. The van der Waals surface area contributed by atoms with E-state index in [2.05, 4.69) is 4.90 Å². The first-order valence-corrected chi connectivity index (χ1v) is 10.7. The lowest BCUT2D eigenvalue weighted by Crippen LogP contribution is -2.53. The van der Waals surface area contributed by atoms with E-state index in [4.69, 9.17) is 0 Å². The van der Waals surface area contributed by atoms with E-state index < -0.39 is 0 Å². The van der Waals surface area contributed by atoms with Gasteiger partial charge in [0.15, 0.2) is 0 Å². The number of hydrogen-bond acceptors (Lipinski definition) is 4. The molecule has 1 N–H and O–H groups in total. The van der Waals surface area contributed by atoms with Crippen LogP contribution in [0.15, 0.2) is 48.5 Å². The number of piperidine rings is 1. The van der Waals surface area contributed by atoms with Crippen LogP contribution >= 0.6 is 0 Å². The van der Waals surface area contributed by atoms with Crippen molar-refractivity contribution >= 4 is 17.5 Å². The highest BCUT2D eigenvalue weighted by molar-refractivity contribution is 5.94. The van der Waals surface area contributed by atoms with Gasteiger partial charge in [-0.3, -0.25) is 9.59 Å². The van der Waals surface area contributed by atoms with Crippen molar-refractivity contribution in [2.75, 3.05) is 44.2 Å². The molecule has 0 saturated carbocycles. The Hall–Kier alpha value is -3.02. The second-order valence-corrected chi connectivity index (χ2v) is 8.26. The highest BCUT2D eigenvalue weighted by atomic mass is 16.3. The monoisotopic (exact) mass is 407 g/mol. The Morgan fingerprint density at radius 1 is 0.900 bits per heavy atom. The van der Waals surface area contributed by atoms with Gasteiger partial charge in [0.2, 0.25) is 5.91 Å². The zero-order valence-corrected chi connectivity index (χ0v) is 17.5. The third kappa shape index (κ3) is 4.27. The molecule has 0 spiro atoms. The van der Waals surface area contributed by atoms with Crippen molar-refractivity contribution in [2.45, 2.75) is 19.8 Å². The van der Waals surface area contributed by atoms with Crippen LogP contribution in [0.3, 0.4) is 0 Å². The van der Waals surface area contributed by atoms with E-state index in [9.17, 15) is 14.7 Å². The summed E-state index contributed by atoms with van der Waals surface area (Å²) in [4.78, 5) is 31.9. The normalized spacial score (nSPS) is 19.6. The molecule has 0 aromatic heterocycles. The number of carbonyl (C=O) groups excluding carboxylic acids is 2. The molecule has 2 aromatic carbocycles. The van der Waals surface area contributed by atoms with Crippen LogP contribution in [0.4, 0.5) is 5.69 Å². The highest BCUT2D eigenvalue weighted by Crippen LogP contribution is 2.28. The summed E-state index contributed by atoms with van der Waals surface area (Å²) in [6.07, 6.45) is 1.68. The number of phenolic OH excluding ortho intramolecular Hbond substituents is 1. The van der Waals surface area contributed by atoms with E-state index in [1.807, 2.05) is 59.2 Å². The Bertz CT molecular complexity index is 904. The van der Waals surface area contributed by atoms with E-state index in [1.54, 1.807) is 6.07 Å². The first-order valence-electron chi connectivity index (χ1n) is 10.7. The van der Waals surface area contributed by atoms with E-state index in [1.165, 1.54) is 0 Å². The maximum atomic E-state index is 13.1. The third-order valence-electron chi connectivity index (χ3n) is 6.17. The summed E-state index contributed by atoms with van der Waals surface area (Å²) in [7, 11) is 0. The van der Waals surface area contributed by atoms with Crippen molar-refractivity contribution in [1.82, 2.24) is 9.80 Å². The molecule has 2 fully saturated rings. The van der Waals surface area contributed by atoms with Crippen LogP contribution in [0.5, 0.6) is 5.75 Å². The number of likely N-dealkylation sites (tertiary alicyclic amines) is 1. The van der Waals surface area contributed by atoms with Crippen LogP contribution in [0.1, 0.15) is 28.8 Å². The molecule has 6 heteroatoms. The van der Waals surface area contributed by atoms with Gasteiger partial charge in [-0.2, -0.15) is 0 Å². The van der Waals surface area contributed by atoms with Gasteiger partial charge in [0.25, 0.3) is 5.91 Å². The zero-order valence-electron chi connectivity index (χ0n) is 17.5. The molecule has 2 aliphatic rings. The predicted octanol–water partition coefficient (Wildman–Crippen LogP) is 2.90. The average molecular weight is 408 g/mol. The number of phenols is 1. The Morgan fingerprint density at radius 2 is 1.60 bits per heavy atom. The first-order chi connectivity index (χ1) is 14.5. The number of aryl methyl sites for hydroxylation is 1. The Kier molecular flexibility index (Phi) is 5.93. The molecular weight excluding hydrogens is 378 g/mol. The van der Waals surface area contributed by atoms with Gasteiger partial charge in [0.1, 0.15) is 5.75 Å². The van der Waals surface area contributed by atoms with Crippen molar-refractivity contribution in [1.29, 1.82) is 0 Å². The van der Waals surface area contributed by atoms with Gasteiger partial charge in [-0.05, 0) is 44.0 Å². The quantitative estimate of drug-likeness (QED) is 0.850. The summed E-state index contributed by atoms with van der Waals surface area (Å²) in [6, 6.07) is 14.9. The number of carbonyl (C=O) groups is 2. The summed E-state index contributed by atoms with van der Waals surface area (Å²) in [6.45, 7) is 5.86. The van der Waals surface area contributed by atoms with Crippen LogP contribution in [-0.4, -0.2) is 66.0 Å². The molecule has 0 bridgehead atoms. The number of rotatable bonds is 3. The van der Waals surface area contributed by atoms with E-state index in [0.717, 1.165) is 24.1 Å². The van der Waals surface area contributed by atoms with Crippen molar-refractivity contribution in [2.24, 2.45) is 5.92 Å². The number of nitrogens with zero attached hydrogens (tertiary/aromatic N) is 3. The van der Waals surface area contributed by atoms with Gasteiger partial charge in [0, 0.05) is 44.8 Å². The number of anilines is 1. The van der Waals surface area contributed by atoms with Gasteiger partial charge < -0.3 is 19.8 Å². The fourth-order valence-electron chi connectivity index (χ4n) is 4.40. The summed E-state index contributed by atoms with van der Waals surface area (Å²) in [5.41, 5.74) is 2.63. The van der Waals surface area contributed by atoms with Crippen LogP contribution < -0.4 is 4.90 Å². The van der Waals surface area contributed by atoms with Crippen molar-refractivity contribution in [3.05, 3.63) is 59.7 Å². The number of hydrogen-bond donors (Lipinski definition) is 1. The number of piperazine rings is 1. The SMILES string of the molecule is Cc1ccc(C(=O)N2CCCC(C(=O)N3CCN(c4ccccc4O)CC3)C2)cc1. The maximum absolute atomic E-state index is 13.1. The first kappa shape index (κ1) is 20.3. The lowest BCUT2D eigenvalue weighted by molar-refractivity contribution is -0.137. The molecule has 2 heterocycles. The minimum absolute atomic E-state index is 0.0110. The van der Waals surface area contributed by atoms with Crippen molar-refractivity contribution in [3.63, 3.8) is 0 Å². The maximum Gasteiger partial charge on any atom is 0.253 e. The fourth-order valence-corrected chi connectivity index (χ4v) is 4.40.